The highest BCUT2D eigenvalue weighted by Crippen LogP contribution is 2.25. The standard InChI is InChI=1S/C15H8N4S/c16-8-10-6-7-11(9-17)14-13(10)18-15(20)19(14)12-4-2-1-3-5-12/h1-7H,(H,18,20). The van der Waals surface area contributed by atoms with Gasteiger partial charge in [-0.3, -0.25) is 4.57 Å². The van der Waals surface area contributed by atoms with E-state index in [9.17, 15) is 10.5 Å². The Morgan fingerprint density at radius 3 is 2.25 bits per heavy atom. The molecule has 0 unspecified atom stereocenters. The van der Waals surface area contributed by atoms with E-state index in [4.69, 9.17) is 12.2 Å². The molecule has 0 radical (unpaired) electrons. The molecule has 0 fully saturated rings. The number of H-pyrrole nitrogens is 1. The fourth-order valence-electron chi connectivity index (χ4n) is 2.22. The summed E-state index contributed by atoms with van der Waals surface area (Å²) in [5, 5.41) is 18.5. The van der Waals surface area contributed by atoms with E-state index in [0.717, 1.165) is 5.69 Å². The van der Waals surface area contributed by atoms with E-state index in [2.05, 4.69) is 17.1 Å². The van der Waals surface area contributed by atoms with Crippen molar-refractivity contribution in [3.63, 3.8) is 0 Å². The SMILES string of the molecule is N#Cc1ccc(C#N)c2c1[nH]c(=S)n2-c1ccccc1. The van der Waals surface area contributed by atoms with E-state index in [0.29, 0.717) is 26.9 Å². The summed E-state index contributed by atoms with van der Waals surface area (Å²) in [6.07, 6.45) is 0. The Morgan fingerprint density at radius 2 is 1.60 bits per heavy atom. The van der Waals surface area contributed by atoms with Gasteiger partial charge in [0.05, 0.1) is 22.2 Å². The van der Waals surface area contributed by atoms with Crippen LogP contribution in [0.3, 0.4) is 0 Å². The quantitative estimate of drug-likeness (QED) is 0.692. The van der Waals surface area contributed by atoms with E-state index >= 15 is 0 Å². The summed E-state index contributed by atoms with van der Waals surface area (Å²) in [6, 6.07) is 17.1. The molecule has 20 heavy (non-hydrogen) atoms. The number of hydrogen-bond acceptors (Lipinski definition) is 3. The fraction of sp³-hybridized carbons (Fsp3) is 0. The predicted octanol–water partition coefficient (Wildman–Crippen LogP) is 3.43. The Morgan fingerprint density at radius 1 is 0.950 bits per heavy atom. The van der Waals surface area contributed by atoms with Crippen LogP contribution in [0, 0.1) is 27.4 Å². The number of nitrogens with one attached hydrogen (secondary N) is 1. The number of nitriles is 2. The van der Waals surface area contributed by atoms with Crippen molar-refractivity contribution in [2.24, 2.45) is 0 Å². The van der Waals surface area contributed by atoms with Crippen molar-refractivity contribution < 1.29 is 0 Å². The second-order valence-corrected chi connectivity index (χ2v) is 4.60. The van der Waals surface area contributed by atoms with E-state index in [1.54, 1.807) is 16.7 Å². The lowest BCUT2D eigenvalue weighted by molar-refractivity contribution is 1.06. The van der Waals surface area contributed by atoms with Crippen LogP contribution >= 0.6 is 12.2 Å². The number of nitrogens with zero attached hydrogens (tertiary/aromatic N) is 3. The zero-order chi connectivity index (χ0) is 14.1. The Balaban J connectivity index is 2.52. The van der Waals surface area contributed by atoms with Crippen molar-refractivity contribution in [3.8, 4) is 17.8 Å². The molecule has 0 bridgehead atoms. The summed E-state index contributed by atoms with van der Waals surface area (Å²) in [5.74, 6) is 0. The summed E-state index contributed by atoms with van der Waals surface area (Å²) >= 11 is 5.34. The largest absolute Gasteiger partial charge is 0.329 e. The van der Waals surface area contributed by atoms with Gasteiger partial charge in [0.2, 0.25) is 0 Å². The van der Waals surface area contributed by atoms with Gasteiger partial charge in [-0.2, -0.15) is 10.5 Å². The molecule has 94 valence electrons. The lowest BCUT2D eigenvalue weighted by atomic mass is 10.1. The average molecular weight is 276 g/mol. The van der Waals surface area contributed by atoms with Gasteiger partial charge in [-0.25, -0.2) is 0 Å². The first kappa shape index (κ1) is 12.2. The molecule has 0 spiro atoms. The number of rotatable bonds is 1. The maximum Gasteiger partial charge on any atom is 0.182 e. The molecule has 0 saturated carbocycles. The molecule has 0 aliphatic carbocycles. The van der Waals surface area contributed by atoms with Gasteiger partial charge < -0.3 is 4.98 Å². The number of aromatic amines is 1. The second-order valence-electron chi connectivity index (χ2n) is 4.21. The van der Waals surface area contributed by atoms with E-state index in [1.165, 1.54) is 0 Å². The maximum atomic E-state index is 9.29. The number of fused-ring (bicyclic) bond motifs is 1. The first-order valence-electron chi connectivity index (χ1n) is 5.89. The van der Waals surface area contributed by atoms with Gasteiger partial charge in [0.1, 0.15) is 12.1 Å². The van der Waals surface area contributed by atoms with Gasteiger partial charge in [-0.1, -0.05) is 18.2 Å². The third-order valence-electron chi connectivity index (χ3n) is 3.09. The Hall–Kier alpha value is -2.89. The molecule has 0 aliphatic rings. The smallest absolute Gasteiger partial charge is 0.182 e. The summed E-state index contributed by atoms with van der Waals surface area (Å²) in [5.41, 5.74) is 3.05. The van der Waals surface area contributed by atoms with Crippen molar-refractivity contribution in [1.82, 2.24) is 9.55 Å². The second kappa shape index (κ2) is 4.65. The highest BCUT2D eigenvalue weighted by molar-refractivity contribution is 7.71. The first-order chi connectivity index (χ1) is 9.76. The molecule has 3 aromatic rings. The van der Waals surface area contributed by atoms with Crippen molar-refractivity contribution in [3.05, 3.63) is 58.4 Å². The third-order valence-corrected chi connectivity index (χ3v) is 3.38. The van der Waals surface area contributed by atoms with Crippen LogP contribution in [0.5, 0.6) is 0 Å². The topological polar surface area (TPSA) is 68.3 Å². The molecule has 5 heteroatoms. The van der Waals surface area contributed by atoms with Crippen LogP contribution in [0.25, 0.3) is 16.7 Å². The van der Waals surface area contributed by atoms with Gasteiger partial charge >= 0.3 is 0 Å². The highest BCUT2D eigenvalue weighted by Gasteiger charge is 2.14. The van der Waals surface area contributed by atoms with E-state index in [1.807, 2.05) is 30.3 Å². The molecule has 0 saturated heterocycles. The molecule has 0 atom stereocenters. The van der Waals surface area contributed by atoms with Gasteiger partial charge in [-0.05, 0) is 36.5 Å². The molecule has 1 N–H and O–H groups in total. The summed E-state index contributed by atoms with van der Waals surface area (Å²) < 4.78 is 2.25. The van der Waals surface area contributed by atoms with E-state index < -0.39 is 0 Å². The zero-order valence-electron chi connectivity index (χ0n) is 10.3. The molecule has 1 heterocycles. The van der Waals surface area contributed by atoms with Crippen LogP contribution < -0.4 is 0 Å². The predicted molar refractivity (Wildman–Crippen MR) is 77.9 cm³/mol. The number of hydrogen-bond donors (Lipinski definition) is 1. The van der Waals surface area contributed by atoms with Gasteiger partial charge in [0.15, 0.2) is 4.77 Å². The summed E-state index contributed by atoms with van der Waals surface area (Å²) in [4.78, 5) is 3.02. The van der Waals surface area contributed by atoms with Crippen LogP contribution in [0.1, 0.15) is 11.1 Å². The lowest BCUT2D eigenvalue weighted by Gasteiger charge is -2.05. The number of benzene rings is 2. The molecule has 2 aromatic carbocycles. The Labute approximate surface area is 120 Å². The molecule has 0 aliphatic heterocycles. The van der Waals surface area contributed by atoms with Crippen molar-refractivity contribution >= 4 is 23.3 Å². The minimum absolute atomic E-state index is 0.463. The zero-order valence-corrected chi connectivity index (χ0v) is 11.1. The Bertz CT molecular complexity index is 936. The maximum absolute atomic E-state index is 9.29. The highest BCUT2D eigenvalue weighted by atomic mass is 32.1. The molecular formula is C15H8N4S. The van der Waals surface area contributed by atoms with Crippen molar-refractivity contribution in [2.45, 2.75) is 0 Å². The lowest BCUT2D eigenvalue weighted by Crippen LogP contribution is -1.95. The average Bonchev–Trinajstić information content (AvgIpc) is 2.84. The first-order valence-corrected chi connectivity index (χ1v) is 6.30. The third kappa shape index (κ3) is 1.70. The van der Waals surface area contributed by atoms with E-state index in [-0.39, 0.29) is 0 Å². The Kier molecular flexibility index (Phi) is 2.83. The minimum atomic E-state index is 0.463. The van der Waals surface area contributed by atoms with Crippen LogP contribution in [0.4, 0.5) is 0 Å². The fourth-order valence-corrected chi connectivity index (χ4v) is 2.52. The molecule has 3 rings (SSSR count). The number of para-hydroxylation sites is 1. The van der Waals surface area contributed by atoms with Crippen LogP contribution in [-0.2, 0) is 0 Å². The van der Waals surface area contributed by atoms with Crippen molar-refractivity contribution in [1.29, 1.82) is 10.5 Å². The van der Waals surface area contributed by atoms with Gasteiger partial charge in [-0.15, -0.1) is 0 Å². The minimum Gasteiger partial charge on any atom is -0.329 e. The number of imidazole rings is 1. The summed E-state index contributed by atoms with van der Waals surface area (Å²) in [7, 11) is 0. The summed E-state index contributed by atoms with van der Waals surface area (Å²) in [6.45, 7) is 0. The van der Waals surface area contributed by atoms with Gasteiger partial charge in [0.25, 0.3) is 0 Å². The molecule has 0 amide bonds. The van der Waals surface area contributed by atoms with Crippen LogP contribution in [0.15, 0.2) is 42.5 Å². The number of aromatic nitrogens is 2. The molecule has 1 aromatic heterocycles. The molecule has 4 nitrogen and oxygen atoms in total. The van der Waals surface area contributed by atoms with Crippen molar-refractivity contribution in [2.75, 3.05) is 0 Å². The molecular weight excluding hydrogens is 268 g/mol. The van der Waals surface area contributed by atoms with Crippen LogP contribution in [0.2, 0.25) is 0 Å². The van der Waals surface area contributed by atoms with Gasteiger partial charge in [0, 0.05) is 5.69 Å². The normalized spacial score (nSPS) is 10.1. The van der Waals surface area contributed by atoms with Crippen LogP contribution in [-0.4, -0.2) is 9.55 Å². The monoisotopic (exact) mass is 276 g/mol.